The van der Waals surface area contributed by atoms with Crippen LogP contribution in [0.25, 0.3) is 0 Å². The maximum Gasteiger partial charge on any atom is 0.287 e. The van der Waals surface area contributed by atoms with Crippen LogP contribution in [-0.2, 0) is 0 Å². The number of nitriles is 1. The average molecular weight is 192 g/mol. The van der Waals surface area contributed by atoms with Crippen LogP contribution >= 0.6 is 0 Å². The second-order valence-electron chi connectivity index (χ2n) is 2.70. The Morgan fingerprint density at radius 1 is 1.64 bits per heavy atom. The van der Waals surface area contributed by atoms with Crippen LogP contribution in [0.15, 0.2) is 12.1 Å². The van der Waals surface area contributed by atoms with Crippen LogP contribution in [0.4, 0.5) is 11.4 Å². The number of anilines is 1. The van der Waals surface area contributed by atoms with E-state index >= 15 is 0 Å². The Kier molecular flexibility index (Phi) is 2.65. The Morgan fingerprint density at radius 3 is 2.71 bits per heavy atom. The Bertz CT molecular complexity index is 422. The molecule has 0 heterocycles. The second-order valence-corrected chi connectivity index (χ2v) is 2.70. The van der Waals surface area contributed by atoms with Crippen molar-refractivity contribution in [2.24, 2.45) is 5.84 Å². The topological polar surface area (TPSA) is 105 Å². The number of rotatable bonds is 2. The Balaban J connectivity index is 3.41. The third-order valence-electron chi connectivity index (χ3n) is 1.82. The number of nitro benzene ring substituents is 1. The molecule has 14 heavy (non-hydrogen) atoms. The van der Waals surface area contributed by atoms with Gasteiger partial charge in [0, 0.05) is 6.07 Å². The number of nitrogens with one attached hydrogen (secondary N) is 1. The number of hydrogen-bond acceptors (Lipinski definition) is 5. The van der Waals surface area contributed by atoms with E-state index in [4.69, 9.17) is 11.1 Å². The van der Waals surface area contributed by atoms with E-state index < -0.39 is 4.92 Å². The molecular weight excluding hydrogens is 184 g/mol. The minimum absolute atomic E-state index is 0.00597. The summed E-state index contributed by atoms with van der Waals surface area (Å²) in [6, 6.07) is 4.41. The van der Waals surface area contributed by atoms with Gasteiger partial charge in [-0.05, 0) is 18.6 Å². The Labute approximate surface area is 80.1 Å². The van der Waals surface area contributed by atoms with Crippen LogP contribution < -0.4 is 11.3 Å². The summed E-state index contributed by atoms with van der Waals surface area (Å²) in [6.07, 6.45) is 0. The molecule has 0 saturated carbocycles. The molecule has 0 aliphatic heterocycles. The molecule has 1 aromatic carbocycles. The van der Waals surface area contributed by atoms with Gasteiger partial charge in [0.1, 0.15) is 11.6 Å². The van der Waals surface area contributed by atoms with Crippen LogP contribution in [0.2, 0.25) is 0 Å². The van der Waals surface area contributed by atoms with Crippen LogP contribution in [-0.4, -0.2) is 4.92 Å². The SMILES string of the molecule is Cc1cc([N+](=O)[O-])c(C#N)cc1NN. The number of nitrogen functional groups attached to an aromatic ring is 1. The number of hydrogen-bond donors (Lipinski definition) is 2. The first kappa shape index (κ1) is 9.95. The molecule has 1 aromatic rings. The molecular formula is C8H8N4O2. The molecule has 0 bridgehead atoms. The van der Waals surface area contributed by atoms with Crippen molar-refractivity contribution in [3.05, 3.63) is 33.4 Å². The molecule has 0 unspecified atom stereocenters. The lowest BCUT2D eigenvalue weighted by atomic mass is 10.1. The van der Waals surface area contributed by atoms with Crippen molar-refractivity contribution in [3.63, 3.8) is 0 Å². The molecule has 3 N–H and O–H groups in total. The highest BCUT2D eigenvalue weighted by molar-refractivity contribution is 5.62. The fraction of sp³-hybridized carbons (Fsp3) is 0.125. The molecule has 0 spiro atoms. The quantitative estimate of drug-likeness (QED) is 0.414. The normalized spacial score (nSPS) is 9.21. The van der Waals surface area contributed by atoms with Crippen molar-refractivity contribution >= 4 is 11.4 Å². The predicted octanol–water partition coefficient (Wildman–Crippen LogP) is 1.06. The van der Waals surface area contributed by atoms with Crippen molar-refractivity contribution in [1.29, 1.82) is 5.26 Å². The minimum Gasteiger partial charge on any atom is -0.324 e. The number of nitro groups is 1. The number of benzene rings is 1. The molecule has 0 aliphatic rings. The summed E-state index contributed by atoms with van der Waals surface area (Å²) in [6.45, 7) is 1.67. The molecule has 0 aliphatic carbocycles. The molecule has 0 amide bonds. The van der Waals surface area contributed by atoms with Gasteiger partial charge >= 0.3 is 0 Å². The van der Waals surface area contributed by atoms with Crippen molar-refractivity contribution in [2.75, 3.05) is 5.43 Å². The van der Waals surface area contributed by atoms with Gasteiger partial charge in [-0.2, -0.15) is 5.26 Å². The highest BCUT2D eigenvalue weighted by atomic mass is 16.6. The van der Waals surface area contributed by atoms with E-state index in [0.717, 1.165) is 0 Å². The van der Waals surface area contributed by atoms with Crippen molar-refractivity contribution < 1.29 is 4.92 Å². The van der Waals surface area contributed by atoms with Crippen LogP contribution in [0, 0.1) is 28.4 Å². The number of aryl methyl sites for hydroxylation is 1. The Morgan fingerprint density at radius 2 is 2.29 bits per heavy atom. The lowest BCUT2D eigenvalue weighted by Crippen LogP contribution is -2.09. The van der Waals surface area contributed by atoms with Gasteiger partial charge in [-0.3, -0.25) is 16.0 Å². The maximum atomic E-state index is 10.5. The van der Waals surface area contributed by atoms with Crippen LogP contribution in [0.5, 0.6) is 0 Å². The molecule has 1 rings (SSSR count). The average Bonchev–Trinajstić information content (AvgIpc) is 2.17. The summed E-state index contributed by atoms with van der Waals surface area (Å²) in [7, 11) is 0. The molecule has 0 atom stereocenters. The smallest absolute Gasteiger partial charge is 0.287 e. The van der Waals surface area contributed by atoms with Gasteiger partial charge in [0.05, 0.1) is 10.6 Å². The fourth-order valence-corrected chi connectivity index (χ4v) is 1.09. The fourth-order valence-electron chi connectivity index (χ4n) is 1.09. The van der Waals surface area contributed by atoms with E-state index in [-0.39, 0.29) is 11.3 Å². The van der Waals surface area contributed by atoms with Gasteiger partial charge in [0.2, 0.25) is 0 Å². The van der Waals surface area contributed by atoms with E-state index in [9.17, 15) is 10.1 Å². The number of nitrogens with zero attached hydrogens (tertiary/aromatic N) is 2. The maximum absolute atomic E-state index is 10.5. The minimum atomic E-state index is -0.591. The standard InChI is InChI=1S/C8H8N4O2/c1-5-2-8(12(13)14)6(4-9)3-7(5)11-10/h2-3,11H,10H2,1H3. The van der Waals surface area contributed by atoms with Crippen molar-refractivity contribution in [1.82, 2.24) is 0 Å². The van der Waals surface area contributed by atoms with Gasteiger partial charge in [-0.1, -0.05) is 0 Å². The number of hydrazine groups is 1. The first-order valence-electron chi connectivity index (χ1n) is 3.76. The number of nitrogens with two attached hydrogens (primary N) is 1. The van der Waals surface area contributed by atoms with E-state index in [1.54, 1.807) is 13.0 Å². The zero-order chi connectivity index (χ0) is 10.7. The van der Waals surface area contributed by atoms with Gasteiger partial charge < -0.3 is 5.43 Å². The van der Waals surface area contributed by atoms with E-state index in [0.29, 0.717) is 11.3 Å². The molecule has 72 valence electrons. The summed E-state index contributed by atoms with van der Waals surface area (Å²) in [4.78, 5) is 9.94. The lowest BCUT2D eigenvalue weighted by Gasteiger charge is -2.04. The Hall–Kier alpha value is -2.13. The van der Waals surface area contributed by atoms with Crippen molar-refractivity contribution in [2.45, 2.75) is 6.92 Å². The summed E-state index contributed by atoms with van der Waals surface area (Å²) < 4.78 is 0. The summed E-state index contributed by atoms with van der Waals surface area (Å²) >= 11 is 0. The van der Waals surface area contributed by atoms with Crippen LogP contribution in [0.3, 0.4) is 0 Å². The van der Waals surface area contributed by atoms with Gasteiger partial charge in [0.15, 0.2) is 0 Å². The third kappa shape index (κ3) is 1.62. The molecule has 0 radical (unpaired) electrons. The first-order valence-corrected chi connectivity index (χ1v) is 3.76. The van der Waals surface area contributed by atoms with Crippen LogP contribution in [0.1, 0.15) is 11.1 Å². The molecule has 0 saturated heterocycles. The van der Waals surface area contributed by atoms with Gasteiger partial charge in [-0.25, -0.2) is 0 Å². The lowest BCUT2D eigenvalue weighted by molar-refractivity contribution is -0.385. The van der Waals surface area contributed by atoms with Gasteiger partial charge in [0.25, 0.3) is 5.69 Å². The highest BCUT2D eigenvalue weighted by Gasteiger charge is 2.15. The predicted molar refractivity (Wildman–Crippen MR) is 50.4 cm³/mol. The summed E-state index contributed by atoms with van der Waals surface area (Å²) in [5.41, 5.74) is 3.28. The monoisotopic (exact) mass is 192 g/mol. The molecule has 6 nitrogen and oxygen atoms in total. The summed E-state index contributed by atoms with van der Waals surface area (Å²) in [5, 5.41) is 19.2. The molecule has 6 heteroatoms. The van der Waals surface area contributed by atoms with Gasteiger partial charge in [-0.15, -0.1) is 0 Å². The van der Waals surface area contributed by atoms with E-state index in [2.05, 4.69) is 5.43 Å². The highest BCUT2D eigenvalue weighted by Crippen LogP contribution is 2.25. The third-order valence-corrected chi connectivity index (χ3v) is 1.82. The first-order chi connectivity index (χ1) is 6.60. The zero-order valence-electron chi connectivity index (χ0n) is 7.44. The zero-order valence-corrected chi connectivity index (χ0v) is 7.44. The largest absolute Gasteiger partial charge is 0.324 e. The van der Waals surface area contributed by atoms with Crippen molar-refractivity contribution in [3.8, 4) is 6.07 Å². The summed E-state index contributed by atoms with van der Waals surface area (Å²) in [5.74, 6) is 5.17. The second kappa shape index (κ2) is 3.72. The van der Waals surface area contributed by atoms with E-state index in [1.807, 2.05) is 0 Å². The molecule has 0 fully saturated rings. The molecule has 0 aromatic heterocycles. The van der Waals surface area contributed by atoms with E-state index in [1.165, 1.54) is 12.1 Å².